The van der Waals surface area contributed by atoms with E-state index in [1.807, 2.05) is 35.8 Å². The minimum absolute atomic E-state index is 0.149. The van der Waals surface area contributed by atoms with Crippen molar-refractivity contribution in [3.8, 4) is 17.1 Å². The number of halogens is 1. The van der Waals surface area contributed by atoms with Crippen LogP contribution in [0.4, 0.5) is 10.1 Å². The molecule has 0 aliphatic carbocycles. The molecule has 28 heavy (non-hydrogen) atoms. The van der Waals surface area contributed by atoms with Gasteiger partial charge in [-0.1, -0.05) is 17.8 Å². The molecule has 0 bridgehead atoms. The van der Waals surface area contributed by atoms with E-state index < -0.39 is 0 Å². The van der Waals surface area contributed by atoms with Crippen molar-refractivity contribution in [1.82, 2.24) is 14.8 Å². The van der Waals surface area contributed by atoms with Gasteiger partial charge in [0, 0.05) is 17.8 Å². The summed E-state index contributed by atoms with van der Waals surface area (Å²) in [6, 6.07) is 12.2. The van der Waals surface area contributed by atoms with Gasteiger partial charge in [-0.3, -0.25) is 4.79 Å². The van der Waals surface area contributed by atoms with Gasteiger partial charge in [0.25, 0.3) is 0 Å². The lowest BCUT2D eigenvalue weighted by Crippen LogP contribution is -2.15. The topological polar surface area (TPSA) is 69.0 Å². The molecule has 0 fully saturated rings. The van der Waals surface area contributed by atoms with Crippen LogP contribution in [0.5, 0.6) is 5.75 Å². The van der Waals surface area contributed by atoms with Crippen LogP contribution in [0.3, 0.4) is 0 Å². The van der Waals surface area contributed by atoms with Crippen molar-refractivity contribution in [3.05, 3.63) is 53.8 Å². The molecule has 0 unspecified atom stereocenters. The van der Waals surface area contributed by atoms with E-state index in [4.69, 9.17) is 4.74 Å². The minimum Gasteiger partial charge on any atom is -0.497 e. The van der Waals surface area contributed by atoms with Crippen LogP contribution in [0.2, 0.25) is 0 Å². The summed E-state index contributed by atoms with van der Waals surface area (Å²) >= 11 is 1.29. The van der Waals surface area contributed by atoms with E-state index in [2.05, 4.69) is 15.5 Å². The van der Waals surface area contributed by atoms with Crippen LogP contribution in [0, 0.1) is 12.7 Å². The number of anilines is 1. The number of ether oxygens (including phenoxy) is 1. The van der Waals surface area contributed by atoms with Crippen molar-refractivity contribution in [2.24, 2.45) is 0 Å². The Balaban J connectivity index is 1.67. The molecule has 8 heteroatoms. The molecule has 6 nitrogen and oxygen atoms in total. The lowest BCUT2D eigenvalue weighted by molar-refractivity contribution is -0.113. The Morgan fingerprint density at radius 1 is 1.21 bits per heavy atom. The lowest BCUT2D eigenvalue weighted by Gasteiger charge is -2.09. The second kappa shape index (κ2) is 8.88. The SMILES string of the molecule is CCn1c(SCC(=O)Nc2ccc(C)c(F)c2)nnc1-c1ccc(OC)cc1. The number of benzene rings is 2. The summed E-state index contributed by atoms with van der Waals surface area (Å²) in [6.07, 6.45) is 0. The van der Waals surface area contributed by atoms with Gasteiger partial charge in [-0.15, -0.1) is 10.2 Å². The van der Waals surface area contributed by atoms with E-state index in [1.165, 1.54) is 17.8 Å². The Hall–Kier alpha value is -2.87. The van der Waals surface area contributed by atoms with E-state index in [0.29, 0.717) is 23.0 Å². The molecule has 3 rings (SSSR count). The molecule has 0 radical (unpaired) electrons. The molecule has 0 spiro atoms. The van der Waals surface area contributed by atoms with Crippen molar-refractivity contribution >= 4 is 23.4 Å². The van der Waals surface area contributed by atoms with Crippen molar-refractivity contribution in [2.75, 3.05) is 18.2 Å². The summed E-state index contributed by atoms with van der Waals surface area (Å²) in [7, 11) is 1.62. The smallest absolute Gasteiger partial charge is 0.234 e. The number of aryl methyl sites for hydroxylation is 1. The highest BCUT2D eigenvalue weighted by Gasteiger charge is 2.15. The first-order chi connectivity index (χ1) is 13.5. The molecule has 0 aliphatic heterocycles. The first-order valence-corrected chi connectivity index (χ1v) is 9.76. The number of hydrogen-bond acceptors (Lipinski definition) is 5. The number of aromatic nitrogens is 3. The number of amides is 1. The molecule has 1 heterocycles. The Labute approximate surface area is 167 Å². The molecule has 0 saturated heterocycles. The van der Waals surface area contributed by atoms with E-state index in [0.717, 1.165) is 17.1 Å². The number of rotatable bonds is 7. The number of carbonyl (C=O) groups is 1. The van der Waals surface area contributed by atoms with Gasteiger partial charge in [-0.2, -0.15) is 0 Å². The highest BCUT2D eigenvalue weighted by atomic mass is 32.2. The standard InChI is InChI=1S/C20H21FN4O2S/c1-4-25-19(14-6-9-16(27-3)10-7-14)23-24-20(25)28-12-18(26)22-15-8-5-13(2)17(21)11-15/h5-11H,4,12H2,1-3H3,(H,22,26). The molecule has 146 valence electrons. The van der Waals surface area contributed by atoms with Gasteiger partial charge in [0.05, 0.1) is 12.9 Å². The van der Waals surface area contributed by atoms with Crippen molar-refractivity contribution < 1.29 is 13.9 Å². The van der Waals surface area contributed by atoms with Crippen molar-refractivity contribution in [3.63, 3.8) is 0 Å². The van der Waals surface area contributed by atoms with Gasteiger partial charge in [0.1, 0.15) is 11.6 Å². The molecule has 1 aromatic heterocycles. The summed E-state index contributed by atoms with van der Waals surface area (Å²) in [5, 5.41) is 11.8. The molecule has 0 atom stereocenters. The number of nitrogens with one attached hydrogen (secondary N) is 1. The van der Waals surface area contributed by atoms with Gasteiger partial charge in [-0.05, 0) is 55.8 Å². The van der Waals surface area contributed by atoms with Gasteiger partial charge in [0.15, 0.2) is 11.0 Å². The molecule has 1 N–H and O–H groups in total. The van der Waals surface area contributed by atoms with Gasteiger partial charge in [-0.25, -0.2) is 4.39 Å². The molecule has 3 aromatic rings. The maximum absolute atomic E-state index is 13.6. The Bertz CT molecular complexity index is 973. The molecular formula is C20H21FN4O2S. The Kier molecular flexibility index (Phi) is 6.30. The second-order valence-electron chi connectivity index (χ2n) is 6.08. The summed E-state index contributed by atoms with van der Waals surface area (Å²) < 4.78 is 20.7. The van der Waals surface area contributed by atoms with Crippen LogP contribution in [0.1, 0.15) is 12.5 Å². The third-order valence-electron chi connectivity index (χ3n) is 4.17. The number of thioether (sulfide) groups is 1. The molecule has 0 aliphatic rings. The van der Waals surface area contributed by atoms with E-state index in [9.17, 15) is 9.18 Å². The van der Waals surface area contributed by atoms with E-state index in [1.54, 1.807) is 26.2 Å². The third-order valence-corrected chi connectivity index (χ3v) is 5.14. The zero-order valence-corrected chi connectivity index (χ0v) is 16.7. The van der Waals surface area contributed by atoms with Gasteiger partial charge < -0.3 is 14.6 Å². The summed E-state index contributed by atoms with van der Waals surface area (Å²) in [5.41, 5.74) is 1.89. The third kappa shape index (κ3) is 4.51. The first-order valence-electron chi connectivity index (χ1n) is 8.78. The van der Waals surface area contributed by atoms with Crippen LogP contribution < -0.4 is 10.1 Å². The molecule has 2 aromatic carbocycles. The Morgan fingerprint density at radius 2 is 1.96 bits per heavy atom. The van der Waals surface area contributed by atoms with Gasteiger partial charge >= 0.3 is 0 Å². The number of carbonyl (C=O) groups excluding carboxylic acids is 1. The largest absolute Gasteiger partial charge is 0.497 e. The zero-order chi connectivity index (χ0) is 20.1. The summed E-state index contributed by atoms with van der Waals surface area (Å²) in [5.74, 6) is 1.07. The molecule has 0 saturated carbocycles. The molecule has 1 amide bonds. The summed E-state index contributed by atoms with van der Waals surface area (Å²) in [6.45, 7) is 4.34. The quantitative estimate of drug-likeness (QED) is 0.604. The minimum atomic E-state index is -0.347. The number of hydrogen-bond donors (Lipinski definition) is 1. The monoisotopic (exact) mass is 400 g/mol. The normalized spacial score (nSPS) is 10.7. The average Bonchev–Trinajstić information content (AvgIpc) is 3.12. The van der Waals surface area contributed by atoms with Crippen LogP contribution in [-0.4, -0.2) is 33.5 Å². The fraction of sp³-hybridized carbons (Fsp3) is 0.250. The second-order valence-corrected chi connectivity index (χ2v) is 7.02. The lowest BCUT2D eigenvalue weighted by atomic mass is 10.2. The maximum Gasteiger partial charge on any atom is 0.234 e. The van der Waals surface area contributed by atoms with E-state index in [-0.39, 0.29) is 17.5 Å². The Morgan fingerprint density at radius 3 is 2.61 bits per heavy atom. The highest BCUT2D eigenvalue weighted by Crippen LogP contribution is 2.25. The number of methoxy groups -OCH3 is 1. The maximum atomic E-state index is 13.6. The zero-order valence-electron chi connectivity index (χ0n) is 15.9. The molecular weight excluding hydrogens is 379 g/mol. The predicted molar refractivity (Wildman–Crippen MR) is 108 cm³/mol. The van der Waals surface area contributed by atoms with Crippen molar-refractivity contribution in [1.29, 1.82) is 0 Å². The first kappa shape index (κ1) is 19.9. The van der Waals surface area contributed by atoms with Crippen LogP contribution in [0.25, 0.3) is 11.4 Å². The predicted octanol–water partition coefficient (Wildman–Crippen LogP) is 4.15. The fourth-order valence-corrected chi connectivity index (χ4v) is 3.43. The fourth-order valence-electron chi connectivity index (χ4n) is 2.63. The van der Waals surface area contributed by atoms with Crippen molar-refractivity contribution in [2.45, 2.75) is 25.5 Å². The average molecular weight is 400 g/mol. The number of nitrogens with zero attached hydrogens (tertiary/aromatic N) is 3. The summed E-state index contributed by atoms with van der Waals surface area (Å²) in [4.78, 5) is 12.2. The van der Waals surface area contributed by atoms with Crippen LogP contribution in [-0.2, 0) is 11.3 Å². The van der Waals surface area contributed by atoms with Crippen LogP contribution in [0.15, 0.2) is 47.6 Å². The van der Waals surface area contributed by atoms with Gasteiger partial charge in [0.2, 0.25) is 5.91 Å². The highest BCUT2D eigenvalue weighted by molar-refractivity contribution is 7.99. The van der Waals surface area contributed by atoms with E-state index >= 15 is 0 Å². The van der Waals surface area contributed by atoms with Crippen LogP contribution >= 0.6 is 11.8 Å².